The summed E-state index contributed by atoms with van der Waals surface area (Å²) in [6, 6.07) is 10.2. The summed E-state index contributed by atoms with van der Waals surface area (Å²) in [5, 5.41) is 9.94. The van der Waals surface area contributed by atoms with Gasteiger partial charge in [-0.05, 0) is 17.7 Å². The highest BCUT2D eigenvalue weighted by molar-refractivity contribution is 6.25. The minimum absolute atomic E-state index is 0.495. The van der Waals surface area contributed by atoms with Crippen LogP contribution in [0.2, 0.25) is 0 Å². The molecule has 5 rings (SSSR count). The first-order chi connectivity index (χ1) is 14.7. The van der Waals surface area contributed by atoms with E-state index in [-0.39, 0.29) is 0 Å². The monoisotopic (exact) mass is 403 g/mol. The number of hydrogen-bond donors (Lipinski definition) is 1. The molecule has 2 unspecified atom stereocenters. The SMILES string of the molecule is O=C(O)C1C(c2ccccc2)N=C2C(c3cc(N4CCOCC4)ncn3)=CC=CN21. The smallest absolute Gasteiger partial charge is 0.329 e. The van der Waals surface area contributed by atoms with Gasteiger partial charge in [-0.1, -0.05) is 30.3 Å². The molecule has 0 amide bonds. The van der Waals surface area contributed by atoms with Gasteiger partial charge in [0.1, 0.15) is 24.0 Å². The number of nitrogens with zero attached hydrogens (tertiary/aromatic N) is 5. The summed E-state index contributed by atoms with van der Waals surface area (Å²) in [6.45, 7) is 2.90. The van der Waals surface area contributed by atoms with Crippen LogP contribution >= 0.6 is 0 Å². The average Bonchev–Trinajstić information content (AvgIpc) is 3.20. The number of aliphatic carboxylic acids is 1. The molecule has 1 saturated heterocycles. The van der Waals surface area contributed by atoms with Gasteiger partial charge in [0.05, 0.1) is 18.9 Å². The van der Waals surface area contributed by atoms with Crippen molar-refractivity contribution in [2.24, 2.45) is 4.99 Å². The molecular formula is C22H21N5O3. The summed E-state index contributed by atoms with van der Waals surface area (Å²) >= 11 is 0. The van der Waals surface area contributed by atoms with Crippen LogP contribution in [0.1, 0.15) is 17.3 Å². The number of aromatic nitrogens is 2. The Balaban J connectivity index is 1.52. The molecule has 1 fully saturated rings. The summed E-state index contributed by atoms with van der Waals surface area (Å²) in [7, 11) is 0. The number of aliphatic imine (C=N–C) groups is 1. The first-order valence-electron chi connectivity index (χ1n) is 9.90. The second-order valence-electron chi connectivity index (χ2n) is 7.28. The molecular weight excluding hydrogens is 382 g/mol. The van der Waals surface area contributed by atoms with Crippen molar-refractivity contribution in [3.05, 3.63) is 72.3 Å². The third kappa shape index (κ3) is 3.25. The molecule has 8 nitrogen and oxygen atoms in total. The Morgan fingerprint density at radius 2 is 1.93 bits per heavy atom. The molecule has 0 spiro atoms. The zero-order chi connectivity index (χ0) is 20.5. The third-order valence-electron chi connectivity index (χ3n) is 5.51. The van der Waals surface area contributed by atoms with Gasteiger partial charge in [-0.15, -0.1) is 0 Å². The largest absolute Gasteiger partial charge is 0.480 e. The predicted octanol–water partition coefficient (Wildman–Crippen LogP) is 2.13. The molecule has 3 aliphatic heterocycles. The number of carbonyl (C=O) groups is 1. The molecule has 3 aliphatic rings. The van der Waals surface area contributed by atoms with E-state index < -0.39 is 18.1 Å². The van der Waals surface area contributed by atoms with Gasteiger partial charge >= 0.3 is 5.97 Å². The highest BCUT2D eigenvalue weighted by Crippen LogP contribution is 2.37. The molecule has 152 valence electrons. The van der Waals surface area contributed by atoms with E-state index in [1.54, 1.807) is 17.4 Å². The van der Waals surface area contributed by atoms with Crippen LogP contribution in [-0.4, -0.2) is 64.1 Å². The second kappa shape index (κ2) is 7.72. The summed E-state index contributed by atoms with van der Waals surface area (Å²) in [6.07, 6.45) is 7.08. The van der Waals surface area contributed by atoms with Gasteiger partial charge in [0.25, 0.3) is 0 Å². The number of morpholine rings is 1. The van der Waals surface area contributed by atoms with Crippen molar-refractivity contribution < 1.29 is 14.6 Å². The topological polar surface area (TPSA) is 91.1 Å². The minimum Gasteiger partial charge on any atom is -0.480 e. The average molecular weight is 403 g/mol. The van der Waals surface area contributed by atoms with E-state index in [9.17, 15) is 9.90 Å². The maximum atomic E-state index is 12.1. The molecule has 0 bridgehead atoms. The Morgan fingerprint density at radius 3 is 2.70 bits per heavy atom. The summed E-state index contributed by atoms with van der Waals surface area (Å²) in [5.74, 6) is 0.536. The van der Waals surface area contributed by atoms with E-state index in [1.807, 2.05) is 48.6 Å². The first kappa shape index (κ1) is 18.5. The Kier molecular flexibility index (Phi) is 4.76. The number of carboxylic acids is 1. The molecule has 0 aliphatic carbocycles. The van der Waals surface area contributed by atoms with E-state index in [0.29, 0.717) is 19.0 Å². The highest BCUT2D eigenvalue weighted by atomic mass is 16.5. The van der Waals surface area contributed by atoms with Crippen LogP contribution in [0, 0.1) is 0 Å². The molecule has 4 heterocycles. The molecule has 1 N–H and O–H groups in total. The first-order valence-corrected chi connectivity index (χ1v) is 9.90. The number of amidine groups is 1. The fraction of sp³-hybridized carbons (Fsp3) is 0.273. The number of benzene rings is 1. The van der Waals surface area contributed by atoms with Gasteiger partial charge in [-0.3, -0.25) is 4.99 Å². The van der Waals surface area contributed by atoms with E-state index in [1.165, 1.54) is 0 Å². The standard InChI is InChI=1S/C22H21N5O3/c28-22(29)20-19(15-5-2-1-3-6-15)25-21-16(7-4-8-27(20)21)17-13-18(24-14-23-17)26-9-11-30-12-10-26/h1-8,13-14,19-20H,9-12H2,(H,28,29). The van der Waals surface area contributed by atoms with E-state index in [2.05, 4.69) is 14.9 Å². The van der Waals surface area contributed by atoms with Crippen molar-refractivity contribution in [2.75, 3.05) is 31.2 Å². The van der Waals surface area contributed by atoms with Crippen LogP contribution in [-0.2, 0) is 9.53 Å². The molecule has 2 atom stereocenters. The van der Waals surface area contributed by atoms with E-state index in [4.69, 9.17) is 9.73 Å². The van der Waals surface area contributed by atoms with Crippen molar-refractivity contribution in [1.82, 2.24) is 14.9 Å². The lowest BCUT2D eigenvalue weighted by molar-refractivity contribution is -0.141. The van der Waals surface area contributed by atoms with E-state index in [0.717, 1.165) is 35.7 Å². The fourth-order valence-electron chi connectivity index (χ4n) is 4.05. The van der Waals surface area contributed by atoms with Crippen molar-refractivity contribution in [3.63, 3.8) is 0 Å². The van der Waals surface area contributed by atoms with Crippen LogP contribution < -0.4 is 4.90 Å². The fourth-order valence-corrected chi connectivity index (χ4v) is 4.05. The Morgan fingerprint density at radius 1 is 1.13 bits per heavy atom. The quantitative estimate of drug-likeness (QED) is 0.836. The van der Waals surface area contributed by atoms with Crippen molar-refractivity contribution in [1.29, 1.82) is 0 Å². The second-order valence-corrected chi connectivity index (χ2v) is 7.28. The highest BCUT2D eigenvalue weighted by Gasteiger charge is 2.43. The van der Waals surface area contributed by atoms with Gasteiger partial charge in [0.15, 0.2) is 6.04 Å². The summed E-state index contributed by atoms with van der Waals surface area (Å²) in [4.78, 5) is 29.7. The lowest BCUT2D eigenvalue weighted by Gasteiger charge is -2.29. The van der Waals surface area contributed by atoms with Crippen LogP contribution in [0.25, 0.3) is 5.57 Å². The maximum Gasteiger partial charge on any atom is 0.329 e. The third-order valence-corrected chi connectivity index (χ3v) is 5.51. The zero-order valence-corrected chi connectivity index (χ0v) is 16.3. The van der Waals surface area contributed by atoms with Crippen molar-refractivity contribution in [3.8, 4) is 0 Å². The van der Waals surface area contributed by atoms with Crippen molar-refractivity contribution >= 4 is 23.2 Å². The predicted molar refractivity (Wildman–Crippen MR) is 112 cm³/mol. The Labute approximate surface area is 173 Å². The Hall–Kier alpha value is -3.52. The number of carboxylic acid groups (broad SMARTS) is 1. The molecule has 2 aromatic rings. The van der Waals surface area contributed by atoms with Gasteiger partial charge in [0, 0.05) is 30.9 Å². The van der Waals surface area contributed by atoms with Crippen molar-refractivity contribution in [2.45, 2.75) is 12.1 Å². The van der Waals surface area contributed by atoms with Gasteiger partial charge in [-0.2, -0.15) is 0 Å². The van der Waals surface area contributed by atoms with Crippen LogP contribution in [0.5, 0.6) is 0 Å². The molecule has 0 radical (unpaired) electrons. The van der Waals surface area contributed by atoms with Crippen LogP contribution in [0.4, 0.5) is 5.82 Å². The molecule has 1 aromatic heterocycles. The normalized spacial score (nSPS) is 23.1. The summed E-state index contributed by atoms with van der Waals surface area (Å²) < 4.78 is 5.43. The van der Waals surface area contributed by atoms with Gasteiger partial charge in [0.2, 0.25) is 0 Å². The van der Waals surface area contributed by atoms with Gasteiger partial charge in [-0.25, -0.2) is 14.8 Å². The van der Waals surface area contributed by atoms with E-state index >= 15 is 0 Å². The number of allylic oxidation sites excluding steroid dienone is 2. The molecule has 1 aromatic carbocycles. The minimum atomic E-state index is -0.912. The molecule has 30 heavy (non-hydrogen) atoms. The molecule has 8 heteroatoms. The lowest BCUT2D eigenvalue weighted by atomic mass is 10.00. The maximum absolute atomic E-state index is 12.1. The number of ether oxygens (including phenoxy) is 1. The lowest BCUT2D eigenvalue weighted by Crippen LogP contribution is -2.40. The number of anilines is 1. The number of fused-ring (bicyclic) bond motifs is 1. The molecule has 0 saturated carbocycles. The Bertz CT molecular complexity index is 1040. The number of rotatable bonds is 4. The summed E-state index contributed by atoms with van der Waals surface area (Å²) in [5.41, 5.74) is 2.38. The zero-order valence-electron chi connectivity index (χ0n) is 16.3. The number of hydrogen-bond acceptors (Lipinski definition) is 7. The van der Waals surface area contributed by atoms with Crippen LogP contribution in [0.3, 0.4) is 0 Å². The van der Waals surface area contributed by atoms with Gasteiger partial charge < -0.3 is 19.6 Å². The van der Waals surface area contributed by atoms with Crippen LogP contribution in [0.15, 0.2) is 66.1 Å².